The summed E-state index contributed by atoms with van der Waals surface area (Å²) in [6, 6.07) is 0.449. The highest BCUT2D eigenvalue weighted by Gasteiger charge is 2.27. The van der Waals surface area contributed by atoms with Gasteiger partial charge in [-0.05, 0) is 50.5 Å². The van der Waals surface area contributed by atoms with E-state index in [1.165, 1.54) is 32.1 Å². The maximum atomic E-state index is 12.0. The number of rotatable bonds is 10. The van der Waals surface area contributed by atoms with Crippen LogP contribution in [0.3, 0.4) is 0 Å². The molecule has 21 heavy (non-hydrogen) atoms. The van der Waals surface area contributed by atoms with Gasteiger partial charge in [0.25, 0.3) is 0 Å². The molecule has 1 saturated carbocycles. The molecule has 3 nitrogen and oxygen atoms in total. The summed E-state index contributed by atoms with van der Waals surface area (Å²) in [5.74, 6) is 1.76. The van der Waals surface area contributed by atoms with Gasteiger partial charge in [0.1, 0.15) is 0 Å². The van der Waals surface area contributed by atoms with E-state index in [-0.39, 0.29) is 18.3 Å². The first kappa shape index (κ1) is 20.7. The van der Waals surface area contributed by atoms with Crippen molar-refractivity contribution >= 4 is 18.3 Å². The summed E-state index contributed by atoms with van der Waals surface area (Å²) in [4.78, 5) is 12.0. The second kappa shape index (κ2) is 12.3. The Bertz CT molecular complexity index is 272. The van der Waals surface area contributed by atoms with Crippen molar-refractivity contribution in [1.82, 2.24) is 5.32 Å². The first-order valence-electron chi connectivity index (χ1n) is 8.63. The predicted molar refractivity (Wildman–Crippen MR) is 92.7 cm³/mol. The van der Waals surface area contributed by atoms with Gasteiger partial charge < -0.3 is 11.1 Å². The van der Waals surface area contributed by atoms with Crippen molar-refractivity contribution < 1.29 is 4.79 Å². The Balaban J connectivity index is 0.00000400. The Kier molecular flexibility index (Phi) is 12.1. The fourth-order valence-corrected chi connectivity index (χ4v) is 3.18. The number of amides is 1. The SMILES string of the molecule is CC(C)CCC1CCCC1NC(=O)CCCCCCN.Cl. The topological polar surface area (TPSA) is 55.1 Å². The van der Waals surface area contributed by atoms with Gasteiger partial charge in [0.15, 0.2) is 0 Å². The number of carbonyl (C=O) groups excluding carboxylic acids is 1. The van der Waals surface area contributed by atoms with Gasteiger partial charge in [0.05, 0.1) is 0 Å². The van der Waals surface area contributed by atoms with Crippen molar-refractivity contribution in [3.8, 4) is 0 Å². The van der Waals surface area contributed by atoms with Gasteiger partial charge in [-0.1, -0.05) is 39.5 Å². The van der Waals surface area contributed by atoms with Crippen LogP contribution in [0.15, 0.2) is 0 Å². The molecule has 0 aromatic heterocycles. The van der Waals surface area contributed by atoms with Crippen LogP contribution < -0.4 is 11.1 Å². The molecule has 0 bridgehead atoms. The van der Waals surface area contributed by atoms with E-state index in [0.29, 0.717) is 12.5 Å². The number of carbonyl (C=O) groups is 1. The van der Waals surface area contributed by atoms with E-state index in [1.54, 1.807) is 0 Å². The summed E-state index contributed by atoms with van der Waals surface area (Å²) in [6.45, 7) is 5.33. The van der Waals surface area contributed by atoms with Crippen molar-refractivity contribution in [2.75, 3.05) is 6.54 Å². The second-order valence-electron chi connectivity index (χ2n) is 6.79. The van der Waals surface area contributed by atoms with Crippen LogP contribution in [0.25, 0.3) is 0 Å². The van der Waals surface area contributed by atoms with Gasteiger partial charge in [0, 0.05) is 12.5 Å². The second-order valence-corrected chi connectivity index (χ2v) is 6.79. The van der Waals surface area contributed by atoms with Gasteiger partial charge in [-0.2, -0.15) is 0 Å². The van der Waals surface area contributed by atoms with Crippen molar-refractivity contribution in [1.29, 1.82) is 0 Å². The third-order valence-corrected chi connectivity index (χ3v) is 4.48. The molecule has 0 saturated heterocycles. The van der Waals surface area contributed by atoms with Gasteiger partial charge >= 0.3 is 0 Å². The zero-order valence-electron chi connectivity index (χ0n) is 13.9. The fourth-order valence-electron chi connectivity index (χ4n) is 3.18. The minimum absolute atomic E-state index is 0. The molecule has 0 heterocycles. The van der Waals surface area contributed by atoms with Crippen molar-refractivity contribution in [2.24, 2.45) is 17.6 Å². The molecule has 2 unspecified atom stereocenters. The molecule has 1 aliphatic carbocycles. The van der Waals surface area contributed by atoms with Crippen LogP contribution in [-0.2, 0) is 4.79 Å². The lowest BCUT2D eigenvalue weighted by atomic mass is 9.93. The number of halogens is 1. The molecule has 0 spiro atoms. The van der Waals surface area contributed by atoms with Gasteiger partial charge in [-0.25, -0.2) is 0 Å². The maximum absolute atomic E-state index is 12.0. The maximum Gasteiger partial charge on any atom is 0.220 e. The van der Waals surface area contributed by atoms with Crippen LogP contribution in [0.5, 0.6) is 0 Å². The van der Waals surface area contributed by atoms with E-state index >= 15 is 0 Å². The van der Waals surface area contributed by atoms with Crippen molar-refractivity contribution in [3.05, 3.63) is 0 Å². The number of unbranched alkanes of at least 4 members (excludes halogenated alkanes) is 3. The minimum Gasteiger partial charge on any atom is -0.353 e. The molecule has 1 aliphatic rings. The molecular formula is C17H35ClN2O. The number of nitrogens with two attached hydrogens (primary N) is 1. The van der Waals surface area contributed by atoms with E-state index in [0.717, 1.165) is 44.1 Å². The molecule has 0 aromatic rings. The van der Waals surface area contributed by atoms with Gasteiger partial charge in [0.2, 0.25) is 5.91 Å². The van der Waals surface area contributed by atoms with Crippen molar-refractivity contribution in [2.45, 2.75) is 84.1 Å². The number of hydrogen-bond acceptors (Lipinski definition) is 2. The summed E-state index contributed by atoms with van der Waals surface area (Å²) >= 11 is 0. The minimum atomic E-state index is 0. The summed E-state index contributed by atoms with van der Waals surface area (Å²) in [5, 5.41) is 3.28. The Morgan fingerprint density at radius 3 is 2.57 bits per heavy atom. The molecule has 1 fully saturated rings. The lowest BCUT2D eigenvalue weighted by Crippen LogP contribution is -2.37. The van der Waals surface area contributed by atoms with E-state index in [1.807, 2.05) is 0 Å². The lowest BCUT2D eigenvalue weighted by Gasteiger charge is -2.21. The van der Waals surface area contributed by atoms with E-state index < -0.39 is 0 Å². The monoisotopic (exact) mass is 318 g/mol. The third-order valence-electron chi connectivity index (χ3n) is 4.48. The Morgan fingerprint density at radius 1 is 1.19 bits per heavy atom. The average Bonchev–Trinajstić information content (AvgIpc) is 2.83. The van der Waals surface area contributed by atoms with E-state index in [9.17, 15) is 4.79 Å². The molecule has 0 radical (unpaired) electrons. The van der Waals surface area contributed by atoms with Crippen LogP contribution in [0, 0.1) is 11.8 Å². The normalized spacial score (nSPS) is 21.3. The van der Waals surface area contributed by atoms with E-state index in [4.69, 9.17) is 5.73 Å². The van der Waals surface area contributed by atoms with Crippen LogP contribution in [-0.4, -0.2) is 18.5 Å². The molecule has 126 valence electrons. The number of hydrogen-bond donors (Lipinski definition) is 2. The molecule has 4 heteroatoms. The Hall–Kier alpha value is -0.280. The molecule has 0 aliphatic heterocycles. The molecule has 2 atom stereocenters. The predicted octanol–water partition coefficient (Wildman–Crippen LogP) is 4.04. The summed E-state index contributed by atoms with van der Waals surface area (Å²) in [6.07, 6.45) is 11.4. The highest BCUT2D eigenvalue weighted by Crippen LogP contribution is 2.30. The summed E-state index contributed by atoms with van der Waals surface area (Å²) in [7, 11) is 0. The molecule has 1 amide bonds. The molecular weight excluding hydrogens is 284 g/mol. The molecule has 0 aromatic carbocycles. The van der Waals surface area contributed by atoms with Gasteiger partial charge in [-0.15, -0.1) is 12.4 Å². The largest absolute Gasteiger partial charge is 0.353 e. The lowest BCUT2D eigenvalue weighted by molar-refractivity contribution is -0.122. The van der Waals surface area contributed by atoms with Crippen LogP contribution in [0.4, 0.5) is 0 Å². The van der Waals surface area contributed by atoms with Crippen molar-refractivity contribution in [3.63, 3.8) is 0 Å². The highest BCUT2D eigenvalue weighted by atomic mass is 35.5. The Morgan fingerprint density at radius 2 is 1.90 bits per heavy atom. The first-order chi connectivity index (χ1) is 9.63. The molecule has 3 N–H and O–H groups in total. The molecule has 1 rings (SSSR count). The standard InChI is InChI=1S/C17H34N2O.ClH/c1-14(2)11-12-15-8-7-9-16(15)19-17(20)10-5-3-4-6-13-18;/h14-16H,3-13,18H2,1-2H3,(H,19,20);1H. The quantitative estimate of drug-likeness (QED) is 0.597. The van der Waals surface area contributed by atoms with Crippen LogP contribution in [0.2, 0.25) is 0 Å². The zero-order chi connectivity index (χ0) is 14.8. The summed E-state index contributed by atoms with van der Waals surface area (Å²) < 4.78 is 0. The smallest absolute Gasteiger partial charge is 0.220 e. The first-order valence-corrected chi connectivity index (χ1v) is 8.63. The van der Waals surface area contributed by atoms with E-state index in [2.05, 4.69) is 19.2 Å². The van der Waals surface area contributed by atoms with Crippen LogP contribution >= 0.6 is 12.4 Å². The average molecular weight is 319 g/mol. The van der Waals surface area contributed by atoms with Gasteiger partial charge in [-0.3, -0.25) is 4.79 Å². The Labute approximate surface area is 137 Å². The van der Waals surface area contributed by atoms with Crippen LogP contribution in [0.1, 0.15) is 78.1 Å². The fraction of sp³-hybridized carbons (Fsp3) is 0.941. The highest BCUT2D eigenvalue weighted by molar-refractivity contribution is 5.85. The summed E-state index contributed by atoms with van der Waals surface area (Å²) in [5.41, 5.74) is 5.47. The zero-order valence-corrected chi connectivity index (χ0v) is 14.7. The number of nitrogens with one attached hydrogen (secondary N) is 1. The third kappa shape index (κ3) is 9.36.